The van der Waals surface area contributed by atoms with E-state index in [-0.39, 0.29) is 6.04 Å². The van der Waals surface area contributed by atoms with Crippen molar-refractivity contribution in [3.63, 3.8) is 0 Å². The molecule has 20 heavy (non-hydrogen) atoms. The topological polar surface area (TPSA) is 59.3 Å². The van der Waals surface area contributed by atoms with Crippen LogP contribution in [0.5, 0.6) is 0 Å². The Bertz CT molecular complexity index is 452. The Morgan fingerprint density at radius 2 is 2.15 bits per heavy atom. The van der Waals surface area contributed by atoms with Gasteiger partial charge in [-0.1, -0.05) is 0 Å². The minimum absolute atomic E-state index is 0.205. The zero-order valence-electron chi connectivity index (χ0n) is 13.1. The molecular formula is C15H27N3O2. The van der Waals surface area contributed by atoms with Crippen LogP contribution in [0.25, 0.3) is 0 Å². The first kappa shape index (κ1) is 15.5. The van der Waals surface area contributed by atoms with Gasteiger partial charge in [0.05, 0.1) is 24.4 Å². The molecule has 0 radical (unpaired) electrons. The van der Waals surface area contributed by atoms with Gasteiger partial charge in [0, 0.05) is 31.0 Å². The first-order valence-electron chi connectivity index (χ1n) is 7.45. The van der Waals surface area contributed by atoms with Crippen molar-refractivity contribution >= 4 is 0 Å². The summed E-state index contributed by atoms with van der Waals surface area (Å²) < 4.78 is 7.12. The molecule has 1 unspecified atom stereocenters. The number of aryl methyl sites for hydroxylation is 1. The third-order valence-electron chi connectivity index (χ3n) is 4.40. The first-order chi connectivity index (χ1) is 9.47. The molecule has 1 heterocycles. The van der Waals surface area contributed by atoms with E-state index in [1.807, 2.05) is 11.6 Å². The van der Waals surface area contributed by atoms with Gasteiger partial charge in [-0.3, -0.25) is 4.68 Å². The van der Waals surface area contributed by atoms with Gasteiger partial charge in [0.2, 0.25) is 0 Å². The largest absolute Gasteiger partial charge is 0.389 e. The standard InChI is InChI=1S/C15H27N3O2/c1-11(16-10-15(19)6-5-7-15)14-12(2)17-18(13(14)3)8-9-20-4/h11,16,19H,5-10H2,1-4H3. The van der Waals surface area contributed by atoms with E-state index in [1.54, 1.807) is 7.11 Å². The third kappa shape index (κ3) is 3.22. The summed E-state index contributed by atoms with van der Waals surface area (Å²) in [6.45, 7) is 8.39. The second-order valence-electron chi connectivity index (χ2n) is 5.98. The Morgan fingerprint density at radius 3 is 2.70 bits per heavy atom. The Labute approximate surface area is 121 Å². The molecule has 5 heteroatoms. The highest BCUT2D eigenvalue weighted by molar-refractivity contribution is 5.27. The molecule has 2 rings (SSSR count). The van der Waals surface area contributed by atoms with Gasteiger partial charge >= 0.3 is 0 Å². The van der Waals surface area contributed by atoms with Crippen LogP contribution in [0.2, 0.25) is 0 Å². The molecule has 1 atom stereocenters. The van der Waals surface area contributed by atoms with Crippen LogP contribution in [-0.4, -0.2) is 40.7 Å². The first-order valence-corrected chi connectivity index (χ1v) is 7.45. The monoisotopic (exact) mass is 281 g/mol. The molecule has 1 aliphatic rings. The van der Waals surface area contributed by atoms with Crippen LogP contribution < -0.4 is 5.32 Å². The number of ether oxygens (including phenoxy) is 1. The lowest BCUT2D eigenvalue weighted by molar-refractivity contribution is -0.0329. The Hall–Kier alpha value is -0.910. The van der Waals surface area contributed by atoms with Gasteiger partial charge in [0.1, 0.15) is 0 Å². The van der Waals surface area contributed by atoms with E-state index in [9.17, 15) is 5.11 Å². The minimum Gasteiger partial charge on any atom is -0.389 e. The fourth-order valence-electron chi connectivity index (χ4n) is 2.94. The van der Waals surface area contributed by atoms with Crippen molar-refractivity contribution in [3.8, 4) is 0 Å². The van der Waals surface area contributed by atoms with E-state index in [2.05, 4.69) is 24.3 Å². The van der Waals surface area contributed by atoms with Crippen LogP contribution in [-0.2, 0) is 11.3 Å². The van der Waals surface area contributed by atoms with Crippen molar-refractivity contribution in [3.05, 3.63) is 17.0 Å². The summed E-state index contributed by atoms with van der Waals surface area (Å²) >= 11 is 0. The molecule has 0 spiro atoms. The van der Waals surface area contributed by atoms with E-state index in [4.69, 9.17) is 4.74 Å². The summed E-state index contributed by atoms with van der Waals surface area (Å²) in [5.74, 6) is 0. The second-order valence-corrected chi connectivity index (χ2v) is 5.98. The van der Waals surface area contributed by atoms with Gasteiger partial charge in [0.15, 0.2) is 0 Å². The summed E-state index contributed by atoms with van der Waals surface area (Å²) in [4.78, 5) is 0. The number of aliphatic hydroxyl groups is 1. The lowest BCUT2D eigenvalue weighted by Crippen LogP contribution is -2.46. The van der Waals surface area contributed by atoms with Crippen molar-refractivity contribution in [2.45, 2.75) is 58.2 Å². The highest BCUT2D eigenvalue weighted by Crippen LogP contribution is 2.31. The molecule has 0 aliphatic heterocycles. The van der Waals surface area contributed by atoms with Gasteiger partial charge in [-0.05, 0) is 40.0 Å². The highest BCUT2D eigenvalue weighted by atomic mass is 16.5. The van der Waals surface area contributed by atoms with E-state index in [0.717, 1.165) is 31.5 Å². The zero-order chi connectivity index (χ0) is 14.8. The van der Waals surface area contributed by atoms with Crippen LogP contribution in [0.1, 0.15) is 49.2 Å². The van der Waals surface area contributed by atoms with E-state index in [1.165, 1.54) is 11.3 Å². The van der Waals surface area contributed by atoms with Gasteiger partial charge in [-0.15, -0.1) is 0 Å². The summed E-state index contributed by atoms with van der Waals surface area (Å²) in [7, 11) is 1.70. The van der Waals surface area contributed by atoms with Crippen molar-refractivity contribution < 1.29 is 9.84 Å². The Balaban J connectivity index is 2.01. The zero-order valence-corrected chi connectivity index (χ0v) is 13.1. The fourth-order valence-corrected chi connectivity index (χ4v) is 2.94. The van der Waals surface area contributed by atoms with Crippen LogP contribution in [0, 0.1) is 13.8 Å². The maximum absolute atomic E-state index is 10.2. The van der Waals surface area contributed by atoms with Crippen molar-refractivity contribution in [2.24, 2.45) is 0 Å². The van der Waals surface area contributed by atoms with E-state index >= 15 is 0 Å². The molecule has 5 nitrogen and oxygen atoms in total. The number of nitrogens with zero attached hydrogens (tertiary/aromatic N) is 2. The van der Waals surface area contributed by atoms with Crippen molar-refractivity contribution in [1.82, 2.24) is 15.1 Å². The lowest BCUT2D eigenvalue weighted by Gasteiger charge is -2.37. The lowest BCUT2D eigenvalue weighted by atomic mass is 9.80. The molecule has 114 valence electrons. The summed E-state index contributed by atoms with van der Waals surface area (Å²) in [6.07, 6.45) is 2.97. The number of nitrogens with one attached hydrogen (secondary N) is 1. The van der Waals surface area contributed by atoms with Crippen molar-refractivity contribution in [2.75, 3.05) is 20.3 Å². The van der Waals surface area contributed by atoms with E-state index < -0.39 is 5.60 Å². The summed E-state index contributed by atoms with van der Waals surface area (Å²) in [5.41, 5.74) is 2.99. The number of methoxy groups -OCH3 is 1. The molecule has 0 saturated heterocycles. The van der Waals surface area contributed by atoms with Gasteiger partial charge in [0.25, 0.3) is 0 Å². The molecule has 0 amide bonds. The number of hydrogen-bond donors (Lipinski definition) is 2. The predicted molar refractivity (Wildman–Crippen MR) is 78.8 cm³/mol. The molecule has 2 N–H and O–H groups in total. The maximum atomic E-state index is 10.2. The molecule has 0 aromatic carbocycles. The molecule has 0 bridgehead atoms. The Kier molecular flexibility index (Phi) is 4.83. The molecule has 1 saturated carbocycles. The van der Waals surface area contributed by atoms with Gasteiger partial charge in [-0.25, -0.2) is 0 Å². The minimum atomic E-state index is -0.484. The van der Waals surface area contributed by atoms with Crippen LogP contribution in [0.15, 0.2) is 0 Å². The number of hydrogen-bond acceptors (Lipinski definition) is 4. The molecule has 1 aromatic heterocycles. The molecular weight excluding hydrogens is 254 g/mol. The maximum Gasteiger partial charge on any atom is 0.0771 e. The summed E-state index contributed by atoms with van der Waals surface area (Å²) in [5, 5.41) is 18.2. The second kappa shape index (κ2) is 6.24. The SMILES string of the molecule is COCCn1nc(C)c(C(C)NCC2(O)CCC2)c1C. The molecule has 1 fully saturated rings. The van der Waals surface area contributed by atoms with Crippen LogP contribution in [0.3, 0.4) is 0 Å². The normalized spacial score (nSPS) is 18.9. The number of aromatic nitrogens is 2. The van der Waals surface area contributed by atoms with Crippen molar-refractivity contribution in [1.29, 1.82) is 0 Å². The summed E-state index contributed by atoms with van der Waals surface area (Å²) in [6, 6.07) is 0.205. The average molecular weight is 281 g/mol. The van der Waals surface area contributed by atoms with Crippen LogP contribution in [0.4, 0.5) is 0 Å². The Morgan fingerprint density at radius 1 is 1.45 bits per heavy atom. The third-order valence-corrected chi connectivity index (χ3v) is 4.40. The van der Waals surface area contributed by atoms with E-state index in [0.29, 0.717) is 13.2 Å². The quantitative estimate of drug-likeness (QED) is 0.799. The average Bonchev–Trinajstić information content (AvgIpc) is 2.66. The molecule has 1 aliphatic carbocycles. The van der Waals surface area contributed by atoms with Gasteiger partial charge in [-0.2, -0.15) is 5.10 Å². The van der Waals surface area contributed by atoms with Gasteiger partial charge < -0.3 is 15.2 Å². The molecule has 1 aromatic rings. The number of rotatable bonds is 7. The van der Waals surface area contributed by atoms with Crippen LogP contribution >= 0.6 is 0 Å². The highest BCUT2D eigenvalue weighted by Gasteiger charge is 2.34. The smallest absolute Gasteiger partial charge is 0.0771 e. The fraction of sp³-hybridized carbons (Fsp3) is 0.800. The predicted octanol–water partition coefficient (Wildman–Crippen LogP) is 1.71.